The zero-order valence-electron chi connectivity index (χ0n) is 17.4. The van der Waals surface area contributed by atoms with Crippen molar-refractivity contribution in [2.45, 2.75) is 52.5 Å². The molecular weight excluding hydrogens is 394 g/mol. The molecule has 1 aliphatic carbocycles. The Bertz CT molecular complexity index is 1020. The fourth-order valence-electron chi connectivity index (χ4n) is 3.47. The number of halogens is 1. The van der Waals surface area contributed by atoms with Crippen LogP contribution in [0.5, 0.6) is 0 Å². The van der Waals surface area contributed by atoms with E-state index in [0.717, 1.165) is 18.5 Å². The zero-order valence-corrected chi connectivity index (χ0v) is 18.3. The Morgan fingerprint density at radius 3 is 2.59 bits per heavy atom. The maximum absolute atomic E-state index is 13.3. The van der Waals surface area contributed by atoms with E-state index in [0.29, 0.717) is 37.3 Å². The van der Waals surface area contributed by atoms with E-state index >= 15 is 0 Å². The Balaban J connectivity index is 0.00000300. The molecule has 0 bridgehead atoms. The van der Waals surface area contributed by atoms with E-state index in [2.05, 4.69) is 9.97 Å². The van der Waals surface area contributed by atoms with Crippen molar-refractivity contribution in [1.82, 2.24) is 19.4 Å². The SMILES string of the molecule is CCCn1c(=O)[nH]c(=O)c2c(C(=O)N(C)CC(C)(C)CN)cc(C3CC3)nc21.Cl. The van der Waals surface area contributed by atoms with Gasteiger partial charge >= 0.3 is 5.69 Å². The number of fused-ring (bicyclic) bond motifs is 1. The van der Waals surface area contributed by atoms with Gasteiger partial charge in [0.05, 0.1) is 10.9 Å². The number of H-pyrrole nitrogens is 1. The maximum Gasteiger partial charge on any atom is 0.329 e. The summed E-state index contributed by atoms with van der Waals surface area (Å²) in [6, 6.07) is 1.73. The van der Waals surface area contributed by atoms with Gasteiger partial charge in [0.15, 0.2) is 5.65 Å². The molecule has 1 amide bonds. The lowest BCUT2D eigenvalue weighted by molar-refractivity contribution is 0.0742. The number of pyridine rings is 1. The summed E-state index contributed by atoms with van der Waals surface area (Å²) in [6.07, 6.45) is 2.72. The number of amides is 1. The number of nitrogens with one attached hydrogen (secondary N) is 1. The molecular formula is C20H30ClN5O3. The predicted octanol–water partition coefficient (Wildman–Crippen LogP) is 1.85. The average Bonchev–Trinajstić information content (AvgIpc) is 3.48. The highest BCUT2D eigenvalue weighted by molar-refractivity contribution is 6.05. The third-order valence-corrected chi connectivity index (χ3v) is 5.21. The van der Waals surface area contributed by atoms with Crippen LogP contribution in [0, 0.1) is 5.41 Å². The fraction of sp³-hybridized carbons (Fsp3) is 0.600. The van der Waals surface area contributed by atoms with Crippen molar-refractivity contribution in [3.05, 3.63) is 38.2 Å². The quantitative estimate of drug-likeness (QED) is 0.705. The van der Waals surface area contributed by atoms with E-state index < -0.39 is 11.2 Å². The number of hydrogen-bond acceptors (Lipinski definition) is 5. The highest BCUT2D eigenvalue weighted by Crippen LogP contribution is 2.40. The molecule has 29 heavy (non-hydrogen) atoms. The highest BCUT2D eigenvalue weighted by atomic mass is 35.5. The van der Waals surface area contributed by atoms with Crippen molar-refractivity contribution < 1.29 is 4.79 Å². The molecule has 0 radical (unpaired) electrons. The van der Waals surface area contributed by atoms with Crippen LogP contribution < -0.4 is 17.0 Å². The monoisotopic (exact) mass is 423 g/mol. The van der Waals surface area contributed by atoms with E-state index in [1.54, 1.807) is 18.0 Å². The number of aromatic nitrogens is 3. The molecule has 0 atom stereocenters. The van der Waals surface area contributed by atoms with E-state index in [1.807, 2.05) is 20.8 Å². The third kappa shape index (κ3) is 4.70. The lowest BCUT2D eigenvalue weighted by atomic mass is 9.93. The summed E-state index contributed by atoms with van der Waals surface area (Å²) in [5.41, 5.74) is 5.88. The first-order valence-corrected chi connectivity index (χ1v) is 9.82. The van der Waals surface area contributed by atoms with Crippen LogP contribution in [0.25, 0.3) is 11.0 Å². The van der Waals surface area contributed by atoms with Gasteiger partial charge in [0.2, 0.25) is 0 Å². The van der Waals surface area contributed by atoms with E-state index in [9.17, 15) is 14.4 Å². The van der Waals surface area contributed by atoms with Crippen molar-refractivity contribution in [2.75, 3.05) is 20.1 Å². The first kappa shape index (κ1) is 23.1. The van der Waals surface area contributed by atoms with Crippen LogP contribution in [0.15, 0.2) is 15.7 Å². The number of aromatic amines is 1. The van der Waals surface area contributed by atoms with Gasteiger partial charge in [-0.2, -0.15) is 0 Å². The molecule has 0 saturated heterocycles. The second-order valence-electron chi connectivity index (χ2n) is 8.51. The zero-order chi connectivity index (χ0) is 20.6. The minimum absolute atomic E-state index is 0. The number of carbonyl (C=O) groups excluding carboxylic acids is 1. The fourth-order valence-corrected chi connectivity index (χ4v) is 3.47. The minimum Gasteiger partial charge on any atom is -0.341 e. The smallest absolute Gasteiger partial charge is 0.329 e. The summed E-state index contributed by atoms with van der Waals surface area (Å²) in [5.74, 6) is 0.0224. The van der Waals surface area contributed by atoms with Gasteiger partial charge in [0.1, 0.15) is 0 Å². The number of rotatable bonds is 7. The van der Waals surface area contributed by atoms with Crippen molar-refractivity contribution in [1.29, 1.82) is 0 Å². The maximum atomic E-state index is 13.3. The molecule has 0 aliphatic heterocycles. The summed E-state index contributed by atoms with van der Waals surface area (Å²) in [5, 5.41) is 0.180. The minimum atomic E-state index is -0.572. The molecule has 8 nitrogen and oxygen atoms in total. The average molecular weight is 424 g/mol. The summed E-state index contributed by atoms with van der Waals surface area (Å²) < 4.78 is 1.46. The lowest BCUT2D eigenvalue weighted by Crippen LogP contribution is -2.40. The van der Waals surface area contributed by atoms with Gasteiger partial charge in [0, 0.05) is 31.7 Å². The van der Waals surface area contributed by atoms with Gasteiger partial charge < -0.3 is 10.6 Å². The van der Waals surface area contributed by atoms with Crippen LogP contribution in [-0.4, -0.2) is 45.5 Å². The number of aryl methyl sites for hydroxylation is 1. The Labute approximate surface area is 175 Å². The molecule has 2 aromatic heterocycles. The third-order valence-electron chi connectivity index (χ3n) is 5.21. The predicted molar refractivity (Wildman–Crippen MR) is 116 cm³/mol. The van der Waals surface area contributed by atoms with Gasteiger partial charge in [-0.1, -0.05) is 20.8 Å². The standard InChI is InChI=1S/C20H29N5O3.ClH/c1-5-8-25-16-15(17(26)23-19(25)28)13(9-14(22-16)12-6-7-12)18(27)24(4)11-20(2,3)10-21;/h9,12H,5-8,10-11,21H2,1-4H3,(H,23,26,28);1H. The van der Waals surface area contributed by atoms with E-state index in [-0.39, 0.29) is 35.0 Å². The molecule has 2 aromatic rings. The van der Waals surface area contributed by atoms with Gasteiger partial charge in [-0.25, -0.2) is 9.78 Å². The number of hydrogen-bond donors (Lipinski definition) is 2. The molecule has 0 aromatic carbocycles. The topological polar surface area (TPSA) is 114 Å². The number of nitrogens with zero attached hydrogens (tertiary/aromatic N) is 3. The summed E-state index contributed by atoms with van der Waals surface area (Å²) in [6.45, 7) is 7.24. The number of nitrogens with two attached hydrogens (primary N) is 1. The van der Waals surface area contributed by atoms with E-state index in [1.165, 1.54) is 4.57 Å². The first-order chi connectivity index (χ1) is 13.2. The summed E-state index contributed by atoms with van der Waals surface area (Å²) in [7, 11) is 1.71. The Hall–Kier alpha value is -2.19. The van der Waals surface area contributed by atoms with Gasteiger partial charge in [-0.3, -0.25) is 19.1 Å². The summed E-state index contributed by atoms with van der Waals surface area (Å²) >= 11 is 0. The second kappa shape index (κ2) is 8.67. The molecule has 160 valence electrons. The van der Waals surface area contributed by atoms with Crippen LogP contribution >= 0.6 is 12.4 Å². The van der Waals surface area contributed by atoms with Crippen LogP contribution in [0.1, 0.15) is 62.0 Å². The normalized spacial score (nSPS) is 14.0. The van der Waals surface area contributed by atoms with Crippen molar-refractivity contribution in [3.63, 3.8) is 0 Å². The van der Waals surface area contributed by atoms with Gasteiger partial charge in [-0.05, 0) is 37.3 Å². The molecule has 1 aliphatic rings. The molecule has 3 rings (SSSR count). The van der Waals surface area contributed by atoms with Gasteiger partial charge in [0.25, 0.3) is 11.5 Å². The number of carbonyl (C=O) groups is 1. The van der Waals surface area contributed by atoms with Crippen molar-refractivity contribution in [2.24, 2.45) is 11.1 Å². The second-order valence-corrected chi connectivity index (χ2v) is 8.51. The van der Waals surface area contributed by atoms with Gasteiger partial charge in [-0.15, -0.1) is 12.4 Å². The molecule has 9 heteroatoms. The van der Waals surface area contributed by atoms with Crippen molar-refractivity contribution >= 4 is 29.3 Å². The molecule has 3 N–H and O–H groups in total. The Kier molecular flexibility index (Phi) is 6.90. The summed E-state index contributed by atoms with van der Waals surface area (Å²) in [4.78, 5) is 46.8. The van der Waals surface area contributed by atoms with Crippen LogP contribution in [0.4, 0.5) is 0 Å². The van der Waals surface area contributed by atoms with E-state index in [4.69, 9.17) is 5.73 Å². The van der Waals surface area contributed by atoms with Crippen molar-refractivity contribution in [3.8, 4) is 0 Å². The van der Waals surface area contributed by atoms with Crippen LogP contribution in [-0.2, 0) is 6.54 Å². The Morgan fingerprint density at radius 1 is 1.38 bits per heavy atom. The molecule has 0 spiro atoms. The first-order valence-electron chi connectivity index (χ1n) is 9.82. The largest absolute Gasteiger partial charge is 0.341 e. The lowest BCUT2D eigenvalue weighted by Gasteiger charge is -2.29. The molecule has 1 fully saturated rings. The molecule has 2 heterocycles. The molecule has 1 saturated carbocycles. The Morgan fingerprint density at radius 2 is 2.03 bits per heavy atom. The van der Waals surface area contributed by atoms with Crippen LogP contribution in [0.3, 0.4) is 0 Å². The molecule has 0 unspecified atom stereocenters. The van der Waals surface area contributed by atoms with Crippen LogP contribution in [0.2, 0.25) is 0 Å². The highest BCUT2D eigenvalue weighted by Gasteiger charge is 2.30.